The van der Waals surface area contributed by atoms with Gasteiger partial charge in [0.15, 0.2) is 9.84 Å². The van der Waals surface area contributed by atoms with Gasteiger partial charge in [-0.25, -0.2) is 8.42 Å². The van der Waals surface area contributed by atoms with E-state index >= 15 is 0 Å². The molecular weight excluding hydrogens is 312 g/mol. The van der Waals surface area contributed by atoms with Gasteiger partial charge in [0.25, 0.3) is 5.91 Å². The summed E-state index contributed by atoms with van der Waals surface area (Å²) in [5, 5.41) is 0.969. The number of H-pyrrole nitrogens is 1. The van der Waals surface area contributed by atoms with Gasteiger partial charge in [-0.05, 0) is 31.0 Å². The molecule has 1 amide bonds. The van der Waals surface area contributed by atoms with Crippen LogP contribution in [0.25, 0.3) is 10.9 Å². The second-order valence-corrected chi connectivity index (χ2v) is 8.31. The van der Waals surface area contributed by atoms with E-state index in [2.05, 4.69) is 11.6 Å². The average molecular weight is 332 g/mol. The molecule has 1 atom stereocenters. The SMILES string of the molecule is C=CCN(C(=O)c1cc2ccc(C)cc2[nH]1)C1CCS(=O)(=O)C1. The van der Waals surface area contributed by atoms with Crippen LogP contribution in [0.15, 0.2) is 36.9 Å². The van der Waals surface area contributed by atoms with Gasteiger partial charge < -0.3 is 9.88 Å². The lowest BCUT2D eigenvalue weighted by Gasteiger charge is -2.26. The molecule has 1 aromatic carbocycles. The number of sulfone groups is 1. The lowest BCUT2D eigenvalue weighted by molar-refractivity contribution is 0.0715. The van der Waals surface area contributed by atoms with Crippen LogP contribution in [0.3, 0.4) is 0 Å². The molecule has 1 N–H and O–H groups in total. The number of hydrogen-bond donors (Lipinski definition) is 1. The third-order valence-corrected chi connectivity index (χ3v) is 5.99. The molecule has 2 aromatic rings. The molecule has 1 aliphatic rings. The standard InChI is InChI=1S/C17H20N2O3S/c1-3-7-19(14-6-8-23(21,22)11-14)17(20)16-10-13-5-4-12(2)9-15(13)18-16/h3-5,9-10,14,18H,1,6-8,11H2,2H3. The summed E-state index contributed by atoms with van der Waals surface area (Å²) in [4.78, 5) is 17.6. The van der Waals surface area contributed by atoms with Crippen molar-refractivity contribution in [1.82, 2.24) is 9.88 Å². The fraction of sp³-hybridized carbons (Fsp3) is 0.353. The fourth-order valence-electron chi connectivity index (χ4n) is 3.07. The quantitative estimate of drug-likeness (QED) is 0.873. The zero-order chi connectivity index (χ0) is 16.6. The highest BCUT2D eigenvalue weighted by atomic mass is 32.2. The molecular formula is C17H20N2O3S. The molecule has 2 heterocycles. The summed E-state index contributed by atoms with van der Waals surface area (Å²) in [7, 11) is -3.04. The molecule has 0 bridgehead atoms. The van der Waals surface area contributed by atoms with Crippen LogP contribution in [-0.4, -0.2) is 48.3 Å². The molecule has 23 heavy (non-hydrogen) atoms. The Balaban J connectivity index is 1.92. The van der Waals surface area contributed by atoms with E-state index in [0.29, 0.717) is 18.7 Å². The lowest BCUT2D eigenvalue weighted by atomic mass is 10.2. The van der Waals surface area contributed by atoms with Crippen molar-refractivity contribution >= 4 is 26.6 Å². The second kappa shape index (κ2) is 5.85. The molecule has 0 saturated carbocycles. The molecule has 1 aromatic heterocycles. The lowest BCUT2D eigenvalue weighted by Crippen LogP contribution is -2.41. The van der Waals surface area contributed by atoms with Gasteiger partial charge in [-0.15, -0.1) is 6.58 Å². The Kier molecular flexibility index (Phi) is 4.02. The number of nitrogens with one attached hydrogen (secondary N) is 1. The maximum Gasteiger partial charge on any atom is 0.270 e. The molecule has 3 rings (SSSR count). The van der Waals surface area contributed by atoms with Gasteiger partial charge in [-0.3, -0.25) is 4.79 Å². The fourth-order valence-corrected chi connectivity index (χ4v) is 4.80. The predicted molar refractivity (Wildman–Crippen MR) is 91.3 cm³/mol. The summed E-state index contributed by atoms with van der Waals surface area (Å²) in [5.41, 5.74) is 2.51. The summed E-state index contributed by atoms with van der Waals surface area (Å²) in [6.07, 6.45) is 2.12. The summed E-state index contributed by atoms with van der Waals surface area (Å²) in [6, 6.07) is 7.49. The zero-order valence-corrected chi connectivity index (χ0v) is 13.9. The van der Waals surface area contributed by atoms with Crippen molar-refractivity contribution in [2.24, 2.45) is 0 Å². The molecule has 1 saturated heterocycles. The van der Waals surface area contributed by atoms with Crippen molar-refractivity contribution in [3.63, 3.8) is 0 Å². The van der Waals surface area contributed by atoms with Gasteiger partial charge in [0, 0.05) is 23.5 Å². The van der Waals surface area contributed by atoms with Crippen LogP contribution in [-0.2, 0) is 9.84 Å². The van der Waals surface area contributed by atoms with Gasteiger partial charge >= 0.3 is 0 Å². The van der Waals surface area contributed by atoms with Gasteiger partial charge in [0.2, 0.25) is 0 Å². The number of carbonyl (C=O) groups is 1. The highest BCUT2D eigenvalue weighted by molar-refractivity contribution is 7.91. The van der Waals surface area contributed by atoms with Crippen LogP contribution in [0, 0.1) is 6.92 Å². The topological polar surface area (TPSA) is 70.2 Å². The first-order valence-electron chi connectivity index (χ1n) is 7.61. The molecule has 5 nitrogen and oxygen atoms in total. The third kappa shape index (κ3) is 3.17. The van der Waals surface area contributed by atoms with Crippen molar-refractivity contribution < 1.29 is 13.2 Å². The number of aromatic nitrogens is 1. The first kappa shape index (κ1) is 15.8. The van der Waals surface area contributed by atoms with E-state index in [1.807, 2.05) is 31.2 Å². The van der Waals surface area contributed by atoms with E-state index in [1.165, 1.54) is 0 Å². The maximum atomic E-state index is 12.8. The molecule has 1 aliphatic heterocycles. The number of hydrogen-bond acceptors (Lipinski definition) is 3. The van der Waals surface area contributed by atoms with Gasteiger partial charge in [0.05, 0.1) is 11.5 Å². The molecule has 122 valence electrons. The average Bonchev–Trinajstić information content (AvgIpc) is 3.06. The first-order chi connectivity index (χ1) is 10.9. The largest absolute Gasteiger partial charge is 0.351 e. The zero-order valence-electron chi connectivity index (χ0n) is 13.1. The number of rotatable bonds is 4. The highest BCUT2D eigenvalue weighted by Crippen LogP contribution is 2.22. The number of aryl methyl sites for hydroxylation is 1. The highest BCUT2D eigenvalue weighted by Gasteiger charge is 2.34. The maximum absolute atomic E-state index is 12.8. The Labute approximate surface area is 135 Å². The van der Waals surface area contributed by atoms with Crippen molar-refractivity contribution in [1.29, 1.82) is 0 Å². The second-order valence-electron chi connectivity index (χ2n) is 6.08. The van der Waals surface area contributed by atoms with Crippen molar-refractivity contribution in [3.8, 4) is 0 Å². The van der Waals surface area contributed by atoms with Crippen LogP contribution >= 0.6 is 0 Å². The summed E-state index contributed by atoms with van der Waals surface area (Å²) < 4.78 is 23.4. The predicted octanol–water partition coefficient (Wildman–Crippen LogP) is 2.29. The molecule has 1 unspecified atom stereocenters. The van der Waals surface area contributed by atoms with E-state index in [9.17, 15) is 13.2 Å². The van der Waals surface area contributed by atoms with Gasteiger partial charge in [-0.1, -0.05) is 18.2 Å². The van der Waals surface area contributed by atoms with E-state index in [4.69, 9.17) is 0 Å². The minimum absolute atomic E-state index is 0.0336. The molecule has 1 fully saturated rings. The minimum atomic E-state index is -3.04. The van der Waals surface area contributed by atoms with Crippen LogP contribution in [0.2, 0.25) is 0 Å². The molecule has 0 radical (unpaired) electrons. The van der Waals surface area contributed by atoms with Crippen LogP contribution in [0.4, 0.5) is 0 Å². The van der Waals surface area contributed by atoms with Crippen LogP contribution < -0.4 is 0 Å². The van der Waals surface area contributed by atoms with E-state index in [0.717, 1.165) is 16.5 Å². The third-order valence-electron chi connectivity index (χ3n) is 4.24. The summed E-state index contributed by atoms with van der Waals surface area (Å²) in [5.74, 6) is -0.00278. The molecule has 0 spiro atoms. The number of aromatic amines is 1. The number of carbonyl (C=O) groups excluding carboxylic acids is 1. The Morgan fingerprint density at radius 1 is 1.43 bits per heavy atom. The number of amides is 1. The van der Waals surface area contributed by atoms with Gasteiger partial charge in [-0.2, -0.15) is 0 Å². The van der Waals surface area contributed by atoms with Crippen molar-refractivity contribution in [2.45, 2.75) is 19.4 Å². The number of nitrogens with zero attached hydrogens (tertiary/aromatic N) is 1. The van der Waals surface area contributed by atoms with Crippen LogP contribution in [0.1, 0.15) is 22.5 Å². The minimum Gasteiger partial charge on any atom is -0.351 e. The van der Waals surface area contributed by atoms with E-state index in [1.54, 1.807) is 11.0 Å². The van der Waals surface area contributed by atoms with E-state index < -0.39 is 9.84 Å². The Hall–Kier alpha value is -2.08. The molecule has 0 aliphatic carbocycles. The summed E-state index contributed by atoms with van der Waals surface area (Å²) in [6.45, 7) is 6.02. The summed E-state index contributed by atoms with van der Waals surface area (Å²) >= 11 is 0. The first-order valence-corrected chi connectivity index (χ1v) is 9.43. The number of benzene rings is 1. The van der Waals surface area contributed by atoms with Crippen molar-refractivity contribution in [3.05, 3.63) is 48.2 Å². The smallest absolute Gasteiger partial charge is 0.270 e. The van der Waals surface area contributed by atoms with Crippen LogP contribution in [0.5, 0.6) is 0 Å². The Morgan fingerprint density at radius 2 is 2.22 bits per heavy atom. The normalized spacial score (nSPS) is 19.8. The van der Waals surface area contributed by atoms with Crippen molar-refractivity contribution in [2.75, 3.05) is 18.1 Å². The Morgan fingerprint density at radius 3 is 2.87 bits per heavy atom. The van der Waals surface area contributed by atoms with Gasteiger partial charge in [0.1, 0.15) is 5.69 Å². The number of fused-ring (bicyclic) bond motifs is 1. The van der Waals surface area contributed by atoms with E-state index in [-0.39, 0.29) is 23.5 Å². The Bertz CT molecular complexity index is 867. The molecule has 6 heteroatoms. The monoisotopic (exact) mass is 332 g/mol.